The molecule has 0 amide bonds. The second kappa shape index (κ2) is 8.84. The van der Waals surface area contributed by atoms with Crippen molar-refractivity contribution in [2.24, 2.45) is 0 Å². The number of piperazine rings is 1. The highest BCUT2D eigenvalue weighted by atomic mass is 32.2. The number of nitrogens with zero attached hydrogens (tertiary/aromatic N) is 8. The Labute approximate surface area is 197 Å². The molecule has 0 aromatic carbocycles. The Kier molecular flexibility index (Phi) is 5.86. The highest BCUT2D eigenvalue weighted by molar-refractivity contribution is 7.88. The van der Waals surface area contributed by atoms with Gasteiger partial charge in [-0.3, -0.25) is 0 Å². The van der Waals surface area contributed by atoms with Gasteiger partial charge >= 0.3 is 0 Å². The van der Waals surface area contributed by atoms with E-state index in [9.17, 15) is 12.8 Å². The number of hydrogen-bond acceptors (Lipinski definition) is 9. The van der Waals surface area contributed by atoms with Crippen molar-refractivity contribution < 1.29 is 12.8 Å². The molecule has 178 valence electrons. The second-order valence-corrected chi connectivity index (χ2v) is 10.4. The normalized spacial score (nSPS) is 19.2. The number of halogens is 1. The molecule has 5 heterocycles. The second-order valence-electron chi connectivity index (χ2n) is 8.44. The van der Waals surface area contributed by atoms with Gasteiger partial charge < -0.3 is 9.80 Å². The van der Waals surface area contributed by atoms with Crippen molar-refractivity contribution in [1.82, 2.24) is 29.2 Å². The molecule has 3 aromatic rings. The summed E-state index contributed by atoms with van der Waals surface area (Å²) in [5, 5.41) is 0. The SMILES string of the molecule is CC1c2cnc(-c3ncccn3)nc2CCN1c1cc(F)nc(N2CCN(S(C)(=O)=O)CC2)c1. The molecule has 10 nitrogen and oxygen atoms in total. The Morgan fingerprint density at radius 1 is 0.971 bits per heavy atom. The summed E-state index contributed by atoms with van der Waals surface area (Å²) in [6.07, 6.45) is 7.00. The van der Waals surface area contributed by atoms with Crippen LogP contribution in [0.2, 0.25) is 0 Å². The van der Waals surface area contributed by atoms with Crippen molar-refractivity contribution in [2.75, 3.05) is 48.8 Å². The molecule has 2 aliphatic heterocycles. The van der Waals surface area contributed by atoms with Crippen LogP contribution in [0.3, 0.4) is 0 Å². The van der Waals surface area contributed by atoms with E-state index in [1.54, 1.807) is 24.7 Å². The van der Waals surface area contributed by atoms with Crippen molar-refractivity contribution in [1.29, 1.82) is 0 Å². The Hall–Kier alpha value is -3.25. The number of hydrogen-bond donors (Lipinski definition) is 0. The number of rotatable bonds is 4. The van der Waals surface area contributed by atoms with E-state index in [-0.39, 0.29) is 6.04 Å². The predicted octanol–water partition coefficient (Wildman–Crippen LogP) is 1.67. The summed E-state index contributed by atoms with van der Waals surface area (Å²) in [6.45, 7) is 4.32. The Balaban J connectivity index is 1.38. The topological polar surface area (TPSA) is 108 Å². The van der Waals surface area contributed by atoms with Crippen LogP contribution in [0.5, 0.6) is 0 Å². The molecule has 3 aromatic heterocycles. The predicted molar refractivity (Wildman–Crippen MR) is 125 cm³/mol. The van der Waals surface area contributed by atoms with Crippen molar-refractivity contribution in [3.8, 4) is 11.6 Å². The lowest BCUT2D eigenvalue weighted by atomic mass is 9.99. The van der Waals surface area contributed by atoms with Crippen molar-refractivity contribution >= 4 is 21.5 Å². The first-order chi connectivity index (χ1) is 16.3. The van der Waals surface area contributed by atoms with Crippen LogP contribution in [-0.4, -0.2) is 76.6 Å². The third-order valence-electron chi connectivity index (χ3n) is 6.30. The summed E-state index contributed by atoms with van der Waals surface area (Å²) >= 11 is 0. The number of aromatic nitrogens is 5. The monoisotopic (exact) mass is 484 g/mol. The van der Waals surface area contributed by atoms with E-state index in [0.717, 1.165) is 16.9 Å². The van der Waals surface area contributed by atoms with Gasteiger partial charge in [-0.2, -0.15) is 8.70 Å². The molecule has 5 rings (SSSR count). The van der Waals surface area contributed by atoms with E-state index >= 15 is 0 Å². The minimum atomic E-state index is -3.24. The average molecular weight is 485 g/mol. The van der Waals surface area contributed by atoms with Gasteiger partial charge in [-0.15, -0.1) is 0 Å². The molecule has 0 aliphatic carbocycles. The summed E-state index contributed by atoms with van der Waals surface area (Å²) in [7, 11) is -3.24. The lowest BCUT2D eigenvalue weighted by molar-refractivity contribution is 0.386. The lowest BCUT2D eigenvalue weighted by Crippen LogP contribution is -2.48. The van der Waals surface area contributed by atoms with Gasteiger partial charge in [0, 0.05) is 81.1 Å². The Morgan fingerprint density at radius 3 is 2.41 bits per heavy atom. The maximum absolute atomic E-state index is 14.6. The fourth-order valence-corrected chi connectivity index (χ4v) is 5.31. The molecule has 0 bridgehead atoms. The van der Waals surface area contributed by atoms with Gasteiger partial charge in [-0.05, 0) is 13.0 Å². The van der Waals surface area contributed by atoms with Crippen molar-refractivity contribution in [2.45, 2.75) is 19.4 Å². The fraction of sp³-hybridized carbons (Fsp3) is 0.409. The maximum atomic E-state index is 14.6. The maximum Gasteiger partial charge on any atom is 0.216 e. The Bertz CT molecular complexity index is 1300. The number of pyridine rings is 1. The van der Waals surface area contributed by atoms with E-state index in [2.05, 4.69) is 29.8 Å². The Morgan fingerprint density at radius 2 is 1.71 bits per heavy atom. The molecule has 1 unspecified atom stereocenters. The van der Waals surface area contributed by atoms with E-state index in [1.165, 1.54) is 16.6 Å². The van der Waals surface area contributed by atoms with Gasteiger partial charge in [0.15, 0.2) is 11.6 Å². The molecule has 1 fully saturated rings. The smallest absolute Gasteiger partial charge is 0.216 e. The first-order valence-electron chi connectivity index (χ1n) is 11.1. The molecule has 12 heteroatoms. The molecule has 0 saturated carbocycles. The van der Waals surface area contributed by atoms with Crippen LogP contribution in [0.15, 0.2) is 36.8 Å². The van der Waals surface area contributed by atoms with Crippen LogP contribution >= 0.6 is 0 Å². The molecule has 0 N–H and O–H groups in total. The van der Waals surface area contributed by atoms with Crippen LogP contribution in [0.4, 0.5) is 15.9 Å². The fourth-order valence-electron chi connectivity index (χ4n) is 4.49. The zero-order valence-corrected chi connectivity index (χ0v) is 19.8. The minimum absolute atomic E-state index is 0.0637. The number of sulfonamides is 1. The first-order valence-corrected chi connectivity index (χ1v) is 12.9. The quantitative estimate of drug-likeness (QED) is 0.511. The van der Waals surface area contributed by atoms with Crippen LogP contribution < -0.4 is 9.80 Å². The van der Waals surface area contributed by atoms with Crippen LogP contribution in [0.25, 0.3) is 11.6 Å². The van der Waals surface area contributed by atoms with E-state index < -0.39 is 16.0 Å². The summed E-state index contributed by atoms with van der Waals surface area (Å²) in [5.41, 5.74) is 2.64. The first kappa shape index (κ1) is 22.5. The summed E-state index contributed by atoms with van der Waals surface area (Å²) in [4.78, 5) is 25.7. The minimum Gasteiger partial charge on any atom is -0.364 e. The largest absolute Gasteiger partial charge is 0.364 e. The molecule has 1 saturated heterocycles. The van der Waals surface area contributed by atoms with Gasteiger partial charge in [0.25, 0.3) is 0 Å². The zero-order chi connectivity index (χ0) is 23.9. The van der Waals surface area contributed by atoms with Gasteiger partial charge in [0.1, 0.15) is 5.82 Å². The molecular formula is C22H25FN8O2S. The van der Waals surface area contributed by atoms with Gasteiger partial charge in [0.05, 0.1) is 18.0 Å². The standard InChI is InChI=1S/C22H25FN8O2S/c1-15-17-14-26-22(21-24-5-3-6-25-21)27-18(17)4-7-31(15)16-12-19(23)28-20(13-16)29-8-10-30(11-9-29)34(2,32)33/h3,5-6,12-15H,4,7-11H2,1-2H3. The molecule has 0 radical (unpaired) electrons. The summed E-state index contributed by atoms with van der Waals surface area (Å²) < 4.78 is 39.6. The lowest BCUT2D eigenvalue weighted by Gasteiger charge is -2.37. The molecule has 0 spiro atoms. The molecule has 2 aliphatic rings. The van der Waals surface area contributed by atoms with Crippen molar-refractivity contribution in [3.63, 3.8) is 0 Å². The molecular weight excluding hydrogens is 459 g/mol. The van der Waals surface area contributed by atoms with E-state index in [1.807, 2.05) is 17.9 Å². The third kappa shape index (κ3) is 4.42. The summed E-state index contributed by atoms with van der Waals surface area (Å²) in [5.74, 6) is 0.917. The van der Waals surface area contributed by atoms with E-state index in [0.29, 0.717) is 56.6 Å². The number of fused-ring (bicyclic) bond motifs is 1. The van der Waals surface area contributed by atoms with Crippen LogP contribution in [0.1, 0.15) is 24.2 Å². The number of anilines is 2. The third-order valence-corrected chi connectivity index (χ3v) is 7.60. The highest BCUT2D eigenvalue weighted by Crippen LogP contribution is 2.34. The van der Waals surface area contributed by atoms with E-state index in [4.69, 9.17) is 0 Å². The summed E-state index contributed by atoms with van der Waals surface area (Å²) in [6, 6.07) is 4.99. The van der Waals surface area contributed by atoms with Crippen LogP contribution in [-0.2, 0) is 16.4 Å². The van der Waals surface area contributed by atoms with Gasteiger partial charge in [-0.25, -0.2) is 33.3 Å². The average Bonchev–Trinajstić information content (AvgIpc) is 2.84. The zero-order valence-electron chi connectivity index (χ0n) is 19.0. The van der Waals surface area contributed by atoms with Gasteiger partial charge in [0.2, 0.25) is 16.0 Å². The molecule has 34 heavy (non-hydrogen) atoms. The van der Waals surface area contributed by atoms with Crippen LogP contribution in [0, 0.1) is 5.95 Å². The van der Waals surface area contributed by atoms with Gasteiger partial charge in [-0.1, -0.05) is 0 Å². The van der Waals surface area contributed by atoms with Crippen molar-refractivity contribution in [3.05, 3.63) is 54.0 Å². The highest BCUT2D eigenvalue weighted by Gasteiger charge is 2.29. The molecule has 1 atom stereocenters.